The van der Waals surface area contributed by atoms with Crippen LogP contribution < -0.4 is 5.32 Å². The van der Waals surface area contributed by atoms with Gasteiger partial charge in [0.15, 0.2) is 5.76 Å². The van der Waals surface area contributed by atoms with Gasteiger partial charge in [0.05, 0.1) is 12.2 Å². The molecule has 1 aromatic carbocycles. The molecule has 1 N–H and O–H groups in total. The molecule has 1 aliphatic rings. The van der Waals surface area contributed by atoms with E-state index in [1.54, 1.807) is 4.90 Å². The van der Waals surface area contributed by atoms with E-state index in [1.165, 1.54) is 24.3 Å². The lowest BCUT2D eigenvalue weighted by Gasteiger charge is -2.36. The van der Waals surface area contributed by atoms with Gasteiger partial charge in [-0.05, 0) is 37.1 Å². The highest BCUT2D eigenvalue weighted by atomic mass is 19.1. The monoisotopic (exact) mass is 402 g/mol. The summed E-state index contributed by atoms with van der Waals surface area (Å²) in [6.45, 7) is 8.97. The van der Waals surface area contributed by atoms with Crippen molar-refractivity contribution in [3.8, 4) is 0 Å². The highest BCUT2D eigenvalue weighted by molar-refractivity contribution is 5.97. The number of hydrogen-bond donors (Lipinski definition) is 1. The summed E-state index contributed by atoms with van der Waals surface area (Å²) in [6, 6.07) is 6.58. The quantitative estimate of drug-likeness (QED) is 0.802. The van der Waals surface area contributed by atoms with Crippen LogP contribution >= 0.6 is 0 Å². The van der Waals surface area contributed by atoms with Gasteiger partial charge in [-0.1, -0.05) is 19.0 Å². The Labute approximate surface area is 169 Å². The molecule has 2 heterocycles. The van der Waals surface area contributed by atoms with Crippen molar-refractivity contribution < 1.29 is 18.5 Å². The molecule has 1 saturated heterocycles. The molecule has 0 spiro atoms. The summed E-state index contributed by atoms with van der Waals surface area (Å²) >= 11 is 0. The molecule has 7 nitrogen and oxygen atoms in total. The molecule has 0 radical (unpaired) electrons. The zero-order valence-corrected chi connectivity index (χ0v) is 17.0. The molecule has 2 aromatic rings. The van der Waals surface area contributed by atoms with Crippen LogP contribution in [0.5, 0.6) is 0 Å². The van der Waals surface area contributed by atoms with Gasteiger partial charge in [0.25, 0.3) is 5.91 Å². The predicted octanol–water partition coefficient (Wildman–Crippen LogP) is 2.22. The number of hydrogen-bond acceptors (Lipinski definition) is 5. The second-order valence-corrected chi connectivity index (χ2v) is 7.74. The number of halogens is 1. The number of aromatic nitrogens is 1. The van der Waals surface area contributed by atoms with Gasteiger partial charge in [-0.2, -0.15) is 0 Å². The summed E-state index contributed by atoms with van der Waals surface area (Å²) in [4.78, 5) is 29.5. The van der Waals surface area contributed by atoms with E-state index in [2.05, 4.69) is 15.4 Å². The molecule has 1 aromatic heterocycles. The van der Waals surface area contributed by atoms with Gasteiger partial charge in [-0.3, -0.25) is 14.5 Å². The molecular formula is C21H27FN4O3. The van der Waals surface area contributed by atoms with Crippen LogP contribution in [0.2, 0.25) is 0 Å². The lowest BCUT2D eigenvalue weighted by Crippen LogP contribution is -2.56. The molecule has 1 atom stereocenters. The Morgan fingerprint density at radius 3 is 2.38 bits per heavy atom. The average molecular weight is 402 g/mol. The van der Waals surface area contributed by atoms with Crippen molar-refractivity contribution >= 4 is 11.8 Å². The van der Waals surface area contributed by atoms with Crippen LogP contribution in [-0.4, -0.2) is 59.0 Å². The number of aryl methyl sites for hydroxylation is 1. The second-order valence-electron chi connectivity index (χ2n) is 7.74. The Balaban J connectivity index is 1.56. The number of benzene rings is 1. The van der Waals surface area contributed by atoms with Crippen molar-refractivity contribution in [3.05, 3.63) is 53.2 Å². The van der Waals surface area contributed by atoms with E-state index >= 15 is 0 Å². The van der Waals surface area contributed by atoms with Crippen LogP contribution in [-0.2, 0) is 11.3 Å². The fourth-order valence-corrected chi connectivity index (χ4v) is 3.37. The third kappa shape index (κ3) is 5.41. The van der Waals surface area contributed by atoms with E-state index in [0.717, 1.165) is 24.5 Å². The van der Waals surface area contributed by atoms with Gasteiger partial charge in [-0.25, -0.2) is 4.39 Å². The average Bonchev–Trinajstić information content (AvgIpc) is 3.11. The third-order valence-corrected chi connectivity index (χ3v) is 5.07. The highest BCUT2D eigenvalue weighted by Gasteiger charge is 2.31. The summed E-state index contributed by atoms with van der Waals surface area (Å²) in [6.07, 6.45) is 0. The first-order chi connectivity index (χ1) is 13.8. The van der Waals surface area contributed by atoms with Gasteiger partial charge < -0.3 is 14.7 Å². The molecule has 156 valence electrons. The van der Waals surface area contributed by atoms with E-state index < -0.39 is 11.9 Å². The molecule has 1 unspecified atom stereocenters. The van der Waals surface area contributed by atoms with Crippen molar-refractivity contribution in [3.63, 3.8) is 0 Å². The molecule has 29 heavy (non-hydrogen) atoms. The number of nitrogens with zero attached hydrogens (tertiary/aromatic N) is 3. The molecule has 8 heteroatoms. The third-order valence-electron chi connectivity index (χ3n) is 5.07. The van der Waals surface area contributed by atoms with E-state index in [-0.39, 0.29) is 17.7 Å². The van der Waals surface area contributed by atoms with Gasteiger partial charge >= 0.3 is 0 Å². The summed E-state index contributed by atoms with van der Waals surface area (Å²) in [7, 11) is 0. The standard InChI is InChI=1S/C21H27FN4O3/c1-14(2)19(23-20(27)16-4-6-17(22)7-5-16)21(28)26-10-8-25(9-11-26)13-18-12-15(3)24-29-18/h4-7,12,14,19H,8-11,13H2,1-3H3,(H,23,27). The Hall–Kier alpha value is -2.74. The Kier molecular flexibility index (Phi) is 6.64. The Morgan fingerprint density at radius 2 is 1.83 bits per heavy atom. The fraction of sp³-hybridized carbons (Fsp3) is 0.476. The predicted molar refractivity (Wildman–Crippen MR) is 106 cm³/mol. The SMILES string of the molecule is Cc1cc(CN2CCN(C(=O)C(NC(=O)c3ccc(F)cc3)C(C)C)CC2)on1. The molecule has 0 saturated carbocycles. The Morgan fingerprint density at radius 1 is 1.17 bits per heavy atom. The van der Waals surface area contributed by atoms with E-state index in [0.29, 0.717) is 25.2 Å². The number of carbonyl (C=O) groups is 2. The summed E-state index contributed by atoms with van der Waals surface area (Å²) in [5, 5.41) is 6.71. The molecular weight excluding hydrogens is 375 g/mol. The van der Waals surface area contributed by atoms with Gasteiger partial charge in [0.1, 0.15) is 11.9 Å². The van der Waals surface area contributed by atoms with Gasteiger partial charge in [0, 0.05) is 37.8 Å². The minimum absolute atomic E-state index is 0.0675. The highest BCUT2D eigenvalue weighted by Crippen LogP contribution is 2.13. The molecule has 1 aliphatic heterocycles. The molecule has 3 rings (SSSR count). The maximum atomic E-state index is 13.1. The maximum absolute atomic E-state index is 13.1. The zero-order valence-electron chi connectivity index (χ0n) is 17.0. The van der Waals surface area contributed by atoms with Crippen LogP contribution in [0.1, 0.15) is 35.7 Å². The van der Waals surface area contributed by atoms with Crippen LogP contribution in [0.4, 0.5) is 4.39 Å². The van der Waals surface area contributed by atoms with Gasteiger partial charge in [0.2, 0.25) is 5.91 Å². The van der Waals surface area contributed by atoms with E-state index in [4.69, 9.17) is 4.52 Å². The molecule has 2 amide bonds. The fourth-order valence-electron chi connectivity index (χ4n) is 3.37. The van der Waals surface area contributed by atoms with Gasteiger partial charge in [-0.15, -0.1) is 0 Å². The molecule has 1 fully saturated rings. The van der Waals surface area contributed by atoms with E-state index in [9.17, 15) is 14.0 Å². The van der Waals surface area contributed by atoms with Crippen LogP contribution in [0.15, 0.2) is 34.9 Å². The van der Waals surface area contributed by atoms with Crippen molar-refractivity contribution in [2.45, 2.75) is 33.4 Å². The minimum Gasteiger partial charge on any atom is -0.360 e. The smallest absolute Gasteiger partial charge is 0.251 e. The topological polar surface area (TPSA) is 78.7 Å². The summed E-state index contributed by atoms with van der Waals surface area (Å²) in [5.41, 5.74) is 1.18. The lowest BCUT2D eigenvalue weighted by molar-refractivity contribution is -0.136. The maximum Gasteiger partial charge on any atom is 0.251 e. The minimum atomic E-state index is -0.629. The van der Waals surface area contributed by atoms with Crippen LogP contribution in [0, 0.1) is 18.7 Å². The zero-order chi connectivity index (χ0) is 21.0. The first kappa shape index (κ1) is 21.0. The summed E-state index contributed by atoms with van der Waals surface area (Å²) in [5.74, 6) is -0.130. The van der Waals surface area contributed by atoms with Crippen molar-refractivity contribution in [2.24, 2.45) is 5.92 Å². The first-order valence-electron chi connectivity index (χ1n) is 9.83. The number of rotatable bonds is 6. The van der Waals surface area contributed by atoms with Crippen molar-refractivity contribution in [1.29, 1.82) is 0 Å². The second kappa shape index (κ2) is 9.17. The first-order valence-corrected chi connectivity index (χ1v) is 9.83. The van der Waals surface area contributed by atoms with Crippen molar-refractivity contribution in [1.82, 2.24) is 20.3 Å². The largest absolute Gasteiger partial charge is 0.360 e. The Bertz CT molecular complexity index is 842. The van der Waals surface area contributed by atoms with E-state index in [1.807, 2.05) is 26.8 Å². The van der Waals surface area contributed by atoms with Crippen LogP contribution in [0.3, 0.4) is 0 Å². The normalized spacial score (nSPS) is 16.1. The summed E-state index contributed by atoms with van der Waals surface area (Å²) < 4.78 is 18.3. The number of piperazine rings is 1. The van der Waals surface area contributed by atoms with Crippen LogP contribution in [0.25, 0.3) is 0 Å². The number of carbonyl (C=O) groups excluding carboxylic acids is 2. The van der Waals surface area contributed by atoms with Crippen molar-refractivity contribution in [2.75, 3.05) is 26.2 Å². The molecule has 0 bridgehead atoms. The number of amides is 2. The molecule has 0 aliphatic carbocycles. The number of nitrogens with one attached hydrogen (secondary N) is 1. The lowest BCUT2D eigenvalue weighted by atomic mass is 10.0.